The highest BCUT2D eigenvalue weighted by atomic mass is 79.9. The molecule has 0 aliphatic heterocycles. The molecular formula is C13H12BrNOS. The van der Waals surface area contributed by atoms with Gasteiger partial charge in [-0.1, -0.05) is 22.0 Å². The number of hydrogen-bond donors (Lipinski definition) is 1. The summed E-state index contributed by atoms with van der Waals surface area (Å²) < 4.78 is 0.959. The maximum Gasteiger partial charge on any atom is 0.256 e. The Hall–Kier alpha value is -1.13. The van der Waals surface area contributed by atoms with E-state index in [2.05, 4.69) is 21.2 Å². The smallest absolute Gasteiger partial charge is 0.256 e. The van der Waals surface area contributed by atoms with Crippen molar-refractivity contribution in [2.45, 2.75) is 13.8 Å². The Kier molecular flexibility index (Phi) is 3.64. The Balaban J connectivity index is 2.24. The number of anilines is 1. The van der Waals surface area contributed by atoms with Crippen molar-refractivity contribution in [3.05, 3.63) is 50.1 Å². The van der Waals surface area contributed by atoms with Crippen LogP contribution in [0, 0.1) is 13.8 Å². The molecule has 17 heavy (non-hydrogen) atoms. The molecule has 0 aliphatic rings. The van der Waals surface area contributed by atoms with E-state index in [1.165, 1.54) is 0 Å². The lowest BCUT2D eigenvalue weighted by molar-refractivity contribution is 0.102. The molecule has 1 heterocycles. The van der Waals surface area contributed by atoms with Gasteiger partial charge in [0.05, 0.1) is 5.56 Å². The van der Waals surface area contributed by atoms with Gasteiger partial charge in [-0.15, -0.1) is 0 Å². The van der Waals surface area contributed by atoms with E-state index >= 15 is 0 Å². The van der Waals surface area contributed by atoms with Crippen LogP contribution < -0.4 is 5.32 Å². The molecule has 2 aromatic rings. The number of carbonyl (C=O) groups is 1. The number of hydrogen-bond acceptors (Lipinski definition) is 2. The average Bonchev–Trinajstić information content (AvgIpc) is 2.70. The number of aryl methyl sites for hydroxylation is 2. The molecule has 2 rings (SSSR count). The summed E-state index contributed by atoms with van der Waals surface area (Å²) in [5, 5.41) is 6.78. The molecule has 0 unspecified atom stereocenters. The zero-order valence-corrected chi connectivity index (χ0v) is 12.0. The second-order valence-corrected chi connectivity index (χ2v) is 5.54. The van der Waals surface area contributed by atoms with Gasteiger partial charge in [-0.2, -0.15) is 11.3 Å². The summed E-state index contributed by atoms with van der Waals surface area (Å²) in [6.07, 6.45) is 0. The summed E-state index contributed by atoms with van der Waals surface area (Å²) in [7, 11) is 0. The highest BCUT2D eigenvalue weighted by Crippen LogP contribution is 2.22. The van der Waals surface area contributed by atoms with Crippen molar-refractivity contribution in [3.8, 4) is 0 Å². The van der Waals surface area contributed by atoms with E-state index in [4.69, 9.17) is 0 Å². The van der Waals surface area contributed by atoms with Gasteiger partial charge in [0.1, 0.15) is 0 Å². The molecule has 0 saturated heterocycles. The number of thiophene rings is 1. The first-order valence-corrected chi connectivity index (χ1v) is 6.92. The van der Waals surface area contributed by atoms with Crippen LogP contribution in [0.3, 0.4) is 0 Å². The van der Waals surface area contributed by atoms with E-state index in [1.807, 2.05) is 42.8 Å². The molecule has 1 amide bonds. The van der Waals surface area contributed by atoms with E-state index < -0.39 is 0 Å². The second kappa shape index (κ2) is 5.02. The number of nitrogens with one attached hydrogen (secondary N) is 1. The van der Waals surface area contributed by atoms with Gasteiger partial charge in [-0.05, 0) is 42.5 Å². The summed E-state index contributed by atoms with van der Waals surface area (Å²) in [4.78, 5) is 12.0. The fourth-order valence-corrected chi connectivity index (χ4v) is 2.70. The molecule has 0 spiro atoms. The predicted octanol–water partition coefficient (Wildman–Crippen LogP) is 4.38. The van der Waals surface area contributed by atoms with E-state index in [0.717, 1.165) is 26.9 Å². The largest absolute Gasteiger partial charge is 0.322 e. The average molecular weight is 310 g/mol. The monoisotopic (exact) mass is 309 g/mol. The van der Waals surface area contributed by atoms with Gasteiger partial charge in [-0.25, -0.2) is 0 Å². The highest BCUT2D eigenvalue weighted by Gasteiger charge is 2.11. The van der Waals surface area contributed by atoms with Crippen molar-refractivity contribution in [1.82, 2.24) is 0 Å². The molecule has 0 saturated carbocycles. The molecule has 1 aromatic heterocycles. The number of rotatable bonds is 2. The predicted molar refractivity (Wildman–Crippen MR) is 75.9 cm³/mol. The van der Waals surface area contributed by atoms with Crippen LogP contribution in [0.2, 0.25) is 0 Å². The normalized spacial score (nSPS) is 10.3. The summed E-state index contributed by atoms with van der Waals surface area (Å²) in [6, 6.07) is 5.84. The Morgan fingerprint density at radius 2 is 2.00 bits per heavy atom. The minimum Gasteiger partial charge on any atom is -0.322 e. The standard InChI is InChI=1S/C13H12BrNOS/c1-8-3-4-10(14)5-12(8)15-13(16)11-7-17-6-9(11)2/h3-7H,1-2H3,(H,15,16). The van der Waals surface area contributed by atoms with Crippen molar-refractivity contribution < 1.29 is 4.79 Å². The highest BCUT2D eigenvalue weighted by molar-refractivity contribution is 9.10. The number of benzene rings is 1. The van der Waals surface area contributed by atoms with Gasteiger partial charge in [0.2, 0.25) is 0 Å². The van der Waals surface area contributed by atoms with Gasteiger partial charge in [0.25, 0.3) is 5.91 Å². The lowest BCUT2D eigenvalue weighted by atomic mass is 10.1. The van der Waals surface area contributed by atoms with Gasteiger partial charge in [-0.3, -0.25) is 4.79 Å². The minimum atomic E-state index is -0.0510. The summed E-state index contributed by atoms with van der Waals surface area (Å²) in [5.74, 6) is -0.0510. The fraction of sp³-hybridized carbons (Fsp3) is 0.154. The van der Waals surface area contributed by atoms with E-state index in [9.17, 15) is 4.79 Å². The number of carbonyl (C=O) groups excluding carboxylic acids is 1. The van der Waals surface area contributed by atoms with Crippen molar-refractivity contribution in [3.63, 3.8) is 0 Å². The van der Waals surface area contributed by atoms with Crippen LogP contribution in [0.5, 0.6) is 0 Å². The molecule has 0 bridgehead atoms. The lowest BCUT2D eigenvalue weighted by Gasteiger charge is -2.08. The molecule has 0 radical (unpaired) electrons. The Morgan fingerprint density at radius 1 is 1.24 bits per heavy atom. The molecule has 1 aromatic carbocycles. The topological polar surface area (TPSA) is 29.1 Å². The van der Waals surface area contributed by atoms with Crippen molar-refractivity contribution in [2.75, 3.05) is 5.32 Å². The van der Waals surface area contributed by atoms with Gasteiger partial charge >= 0.3 is 0 Å². The molecule has 0 fully saturated rings. The third-order valence-electron chi connectivity index (χ3n) is 2.55. The van der Waals surface area contributed by atoms with Crippen LogP contribution in [-0.2, 0) is 0 Å². The summed E-state index contributed by atoms with van der Waals surface area (Å²) in [6.45, 7) is 3.92. The maximum absolute atomic E-state index is 12.0. The van der Waals surface area contributed by atoms with Crippen LogP contribution in [0.15, 0.2) is 33.4 Å². The third-order valence-corrected chi connectivity index (χ3v) is 3.90. The van der Waals surface area contributed by atoms with Crippen molar-refractivity contribution in [1.29, 1.82) is 0 Å². The number of amides is 1. The second-order valence-electron chi connectivity index (χ2n) is 3.88. The molecular weight excluding hydrogens is 298 g/mol. The molecule has 1 N–H and O–H groups in total. The first-order valence-electron chi connectivity index (χ1n) is 5.18. The third kappa shape index (κ3) is 2.76. The van der Waals surface area contributed by atoms with Gasteiger partial charge < -0.3 is 5.32 Å². The van der Waals surface area contributed by atoms with Gasteiger partial charge in [0.15, 0.2) is 0 Å². The Morgan fingerprint density at radius 3 is 2.65 bits per heavy atom. The Bertz CT molecular complexity index is 562. The van der Waals surface area contributed by atoms with Crippen LogP contribution in [0.25, 0.3) is 0 Å². The molecule has 2 nitrogen and oxygen atoms in total. The molecule has 0 atom stereocenters. The zero-order chi connectivity index (χ0) is 12.4. The maximum atomic E-state index is 12.0. The van der Waals surface area contributed by atoms with Crippen LogP contribution in [0.4, 0.5) is 5.69 Å². The minimum absolute atomic E-state index is 0.0510. The van der Waals surface area contributed by atoms with Crippen LogP contribution in [-0.4, -0.2) is 5.91 Å². The fourth-order valence-electron chi connectivity index (χ4n) is 1.51. The van der Waals surface area contributed by atoms with E-state index in [1.54, 1.807) is 11.3 Å². The molecule has 4 heteroatoms. The van der Waals surface area contributed by atoms with E-state index in [-0.39, 0.29) is 5.91 Å². The quantitative estimate of drug-likeness (QED) is 0.876. The molecule has 0 aliphatic carbocycles. The number of halogens is 1. The van der Waals surface area contributed by atoms with Crippen molar-refractivity contribution in [2.24, 2.45) is 0 Å². The van der Waals surface area contributed by atoms with Gasteiger partial charge in [0, 0.05) is 15.5 Å². The van der Waals surface area contributed by atoms with Crippen LogP contribution in [0.1, 0.15) is 21.5 Å². The lowest BCUT2D eigenvalue weighted by Crippen LogP contribution is -2.12. The zero-order valence-electron chi connectivity index (χ0n) is 9.58. The molecule has 88 valence electrons. The Labute approximate surface area is 113 Å². The summed E-state index contributed by atoms with van der Waals surface area (Å²) >= 11 is 4.94. The first-order chi connectivity index (χ1) is 8.08. The SMILES string of the molecule is Cc1ccc(Br)cc1NC(=O)c1cscc1C. The van der Waals surface area contributed by atoms with E-state index in [0.29, 0.717) is 0 Å². The first kappa shape index (κ1) is 12.3. The van der Waals surface area contributed by atoms with Crippen molar-refractivity contribution >= 4 is 38.9 Å². The summed E-state index contributed by atoms with van der Waals surface area (Å²) in [5.41, 5.74) is 3.65. The van der Waals surface area contributed by atoms with Crippen LogP contribution >= 0.6 is 27.3 Å².